The first-order valence-corrected chi connectivity index (χ1v) is 18.2. The van der Waals surface area contributed by atoms with Gasteiger partial charge >= 0.3 is 5.69 Å². The van der Waals surface area contributed by atoms with Crippen molar-refractivity contribution in [3.63, 3.8) is 0 Å². The van der Waals surface area contributed by atoms with Gasteiger partial charge in [-0.2, -0.15) is 0 Å². The fraction of sp³-hybridized carbons (Fsp3) is 0.611. The zero-order chi connectivity index (χ0) is 33.5. The Hall–Kier alpha value is -3.18. The maximum absolute atomic E-state index is 15.7. The molecule has 3 aliphatic rings. The summed E-state index contributed by atoms with van der Waals surface area (Å²) in [6.07, 6.45) is 5.67. The summed E-state index contributed by atoms with van der Waals surface area (Å²) in [7, 11) is 0. The fourth-order valence-electron chi connectivity index (χ4n) is 7.53. The molecule has 5 heterocycles. The number of aromatic nitrogens is 3. The first-order valence-electron chi connectivity index (χ1n) is 17.2. The van der Waals surface area contributed by atoms with Crippen LogP contribution < -0.4 is 5.69 Å². The Morgan fingerprint density at radius 3 is 2.45 bits per heavy atom. The number of carbonyl (C=O) groups is 2. The maximum Gasteiger partial charge on any atom is 0.327 e. The van der Waals surface area contributed by atoms with Crippen LogP contribution in [0.2, 0.25) is 0 Å². The SMILES string of the molecule is CC(C)N1CCC(c2c(F)cccc2C2S[C@H](CC(=O)N3CCC(n4c(=O)[nH]c5ncccc54)CC3)C(=O)N2CCC(C)(C)C)CC1. The zero-order valence-electron chi connectivity index (χ0n) is 28.4. The number of rotatable bonds is 8. The van der Waals surface area contributed by atoms with Gasteiger partial charge in [0, 0.05) is 44.3 Å². The van der Waals surface area contributed by atoms with Crippen LogP contribution >= 0.6 is 11.8 Å². The smallest absolute Gasteiger partial charge is 0.327 e. The first kappa shape index (κ1) is 33.7. The Balaban J connectivity index is 1.18. The van der Waals surface area contributed by atoms with Gasteiger partial charge < -0.3 is 14.7 Å². The zero-order valence-corrected chi connectivity index (χ0v) is 29.2. The standard InChI is InChI=1S/C36H49FN6O3S/c1-23(2)40-17-11-24(12-18-40)31-26(8-6-9-27(31)37)34-42(21-15-36(3,4)5)33(45)29(47-34)22-30(44)41-19-13-25(14-20-41)43-28-10-7-16-38-32(28)39-35(43)46/h6-10,16,23-25,29,34H,11-15,17-22H2,1-5H3,(H,38,39,46)/t29-,34?/m1/s1. The molecule has 2 amide bonds. The van der Waals surface area contributed by atoms with Crippen LogP contribution in [0, 0.1) is 11.2 Å². The number of likely N-dealkylation sites (tertiary alicyclic amines) is 2. The number of H-pyrrole nitrogens is 1. The van der Waals surface area contributed by atoms with Crippen molar-refractivity contribution in [2.75, 3.05) is 32.7 Å². The van der Waals surface area contributed by atoms with E-state index in [4.69, 9.17) is 0 Å². The van der Waals surface area contributed by atoms with Crippen LogP contribution in [0.1, 0.15) is 102 Å². The summed E-state index contributed by atoms with van der Waals surface area (Å²) in [5.41, 5.74) is 2.82. The van der Waals surface area contributed by atoms with Crippen LogP contribution in [-0.2, 0) is 9.59 Å². The van der Waals surface area contributed by atoms with Gasteiger partial charge in [-0.1, -0.05) is 32.9 Å². The number of thioether (sulfide) groups is 1. The van der Waals surface area contributed by atoms with Gasteiger partial charge in [0.2, 0.25) is 11.8 Å². The Kier molecular flexibility index (Phi) is 9.86. The minimum absolute atomic E-state index is 0.0189. The average Bonchev–Trinajstić information content (AvgIpc) is 3.54. The molecule has 0 aliphatic carbocycles. The topological polar surface area (TPSA) is 94.5 Å². The van der Waals surface area contributed by atoms with Crippen LogP contribution in [0.25, 0.3) is 11.2 Å². The molecule has 0 saturated carbocycles. The summed E-state index contributed by atoms with van der Waals surface area (Å²) in [6.45, 7) is 14.4. The largest absolute Gasteiger partial charge is 0.342 e. The number of hydrogen-bond acceptors (Lipinski definition) is 6. The molecule has 1 unspecified atom stereocenters. The molecule has 2 aromatic heterocycles. The van der Waals surface area contributed by atoms with Crippen molar-refractivity contribution in [2.24, 2.45) is 5.41 Å². The number of piperidine rings is 2. The highest BCUT2D eigenvalue weighted by molar-refractivity contribution is 8.01. The molecule has 9 nitrogen and oxygen atoms in total. The minimum Gasteiger partial charge on any atom is -0.342 e. The molecule has 1 N–H and O–H groups in total. The highest BCUT2D eigenvalue weighted by Crippen LogP contribution is 2.48. The average molecular weight is 665 g/mol. The number of hydrogen-bond donors (Lipinski definition) is 1. The second-order valence-electron chi connectivity index (χ2n) is 15.0. The molecule has 47 heavy (non-hydrogen) atoms. The molecule has 11 heteroatoms. The van der Waals surface area contributed by atoms with E-state index in [0.29, 0.717) is 44.2 Å². The number of nitrogens with zero attached hydrogens (tertiary/aromatic N) is 5. The number of aromatic amines is 1. The predicted molar refractivity (Wildman–Crippen MR) is 185 cm³/mol. The van der Waals surface area contributed by atoms with Gasteiger partial charge in [0.25, 0.3) is 0 Å². The lowest BCUT2D eigenvalue weighted by Gasteiger charge is -2.36. The van der Waals surface area contributed by atoms with E-state index in [-0.39, 0.29) is 52.5 Å². The van der Waals surface area contributed by atoms with Gasteiger partial charge in [-0.3, -0.25) is 19.1 Å². The number of pyridine rings is 1. The lowest BCUT2D eigenvalue weighted by atomic mass is 9.85. The summed E-state index contributed by atoms with van der Waals surface area (Å²) in [5.74, 6) is -0.167. The number of benzene rings is 1. The van der Waals surface area contributed by atoms with E-state index in [1.807, 2.05) is 28.0 Å². The molecule has 3 aliphatic heterocycles. The third-order valence-corrected chi connectivity index (χ3v) is 11.8. The van der Waals surface area contributed by atoms with Crippen molar-refractivity contribution in [1.82, 2.24) is 29.2 Å². The number of amides is 2. The van der Waals surface area contributed by atoms with Crippen LogP contribution in [0.15, 0.2) is 41.3 Å². The van der Waals surface area contributed by atoms with Crippen LogP contribution in [0.3, 0.4) is 0 Å². The van der Waals surface area contributed by atoms with Crippen molar-refractivity contribution in [2.45, 2.75) is 102 Å². The molecule has 6 rings (SSSR count). The third-order valence-electron chi connectivity index (χ3n) is 10.3. The monoisotopic (exact) mass is 664 g/mol. The van der Waals surface area contributed by atoms with Crippen LogP contribution in [-0.4, -0.2) is 85.1 Å². The normalized spacial score (nSPS) is 22.2. The van der Waals surface area contributed by atoms with Gasteiger partial charge in [0.1, 0.15) is 11.2 Å². The number of carbonyl (C=O) groups excluding carboxylic acids is 2. The van der Waals surface area contributed by atoms with E-state index in [1.54, 1.807) is 22.9 Å². The van der Waals surface area contributed by atoms with Crippen molar-refractivity contribution in [1.29, 1.82) is 0 Å². The molecule has 3 aromatic rings. The second kappa shape index (κ2) is 13.7. The van der Waals surface area contributed by atoms with E-state index in [0.717, 1.165) is 49.0 Å². The van der Waals surface area contributed by atoms with E-state index >= 15 is 4.39 Å². The lowest BCUT2D eigenvalue weighted by Crippen LogP contribution is -2.42. The Bertz CT molecular complexity index is 1650. The number of fused-ring (bicyclic) bond motifs is 1. The Morgan fingerprint density at radius 2 is 1.77 bits per heavy atom. The molecule has 3 saturated heterocycles. The number of nitrogens with one attached hydrogen (secondary N) is 1. The molecular weight excluding hydrogens is 616 g/mol. The molecule has 0 bridgehead atoms. The first-order chi connectivity index (χ1) is 22.4. The molecule has 0 radical (unpaired) electrons. The molecule has 3 fully saturated rings. The Morgan fingerprint density at radius 1 is 1.04 bits per heavy atom. The summed E-state index contributed by atoms with van der Waals surface area (Å²) in [6, 6.07) is 9.47. The highest BCUT2D eigenvalue weighted by Gasteiger charge is 2.44. The van der Waals surface area contributed by atoms with Gasteiger partial charge in [0.05, 0.1) is 10.8 Å². The summed E-state index contributed by atoms with van der Waals surface area (Å²) >= 11 is 1.51. The highest BCUT2D eigenvalue weighted by atomic mass is 32.2. The van der Waals surface area contributed by atoms with Crippen molar-refractivity contribution in [3.8, 4) is 0 Å². The summed E-state index contributed by atoms with van der Waals surface area (Å²) in [4.78, 5) is 53.8. The third kappa shape index (κ3) is 7.16. The molecule has 1 aromatic carbocycles. The van der Waals surface area contributed by atoms with E-state index in [9.17, 15) is 14.4 Å². The van der Waals surface area contributed by atoms with Crippen molar-refractivity contribution < 1.29 is 14.0 Å². The van der Waals surface area contributed by atoms with Crippen molar-refractivity contribution in [3.05, 3.63) is 64.0 Å². The molecule has 0 spiro atoms. The van der Waals surface area contributed by atoms with E-state index in [2.05, 4.69) is 49.5 Å². The number of imidazole rings is 1. The molecular formula is C36H49FN6O3S. The second-order valence-corrected chi connectivity index (χ2v) is 16.2. The summed E-state index contributed by atoms with van der Waals surface area (Å²) < 4.78 is 17.5. The van der Waals surface area contributed by atoms with E-state index in [1.165, 1.54) is 11.8 Å². The minimum atomic E-state index is -0.522. The fourth-order valence-corrected chi connectivity index (χ4v) is 9.04. The predicted octanol–water partition coefficient (Wildman–Crippen LogP) is 6.08. The number of halogens is 1. The molecule has 2 atom stereocenters. The summed E-state index contributed by atoms with van der Waals surface area (Å²) in [5, 5.41) is -0.851. The van der Waals surface area contributed by atoms with E-state index < -0.39 is 5.25 Å². The lowest BCUT2D eigenvalue weighted by molar-refractivity contribution is -0.136. The van der Waals surface area contributed by atoms with Gasteiger partial charge in [0.15, 0.2) is 5.65 Å². The van der Waals surface area contributed by atoms with Gasteiger partial charge in [-0.15, -0.1) is 11.8 Å². The molecule has 254 valence electrons. The Labute approximate surface area is 281 Å². The maximum atomic E-state index is 15.7. The van der Waals surface area contributed by atoms with Crippen LogP contribution in [0.4, 0.5) is 4.39 Å². The van der Waals surface area contributed by atoms with Gasteiger partial charge in [-0.05, 0) is 99.7 Å². The van der Waals surface area contributed by atoms with Gasteiger partial charge in [-0.25, -0.2) is 14.2 Å². The van der Waals surface area contributed by atoms with Crippen LogP contribution in [0.5, 0.6) is 0 Å². The quantitative estimate of drug-likeness (QED) is 0.314. The van der Waals surface area contributed by atoms with Crippen molar-refractivity contribution >= 4 is 34.7 Å².